The summed E-state index contributed by atoms with van der Waals surface area (Å²) in [4.78, 5) is 15.1. The third-order valence-corrected chi connectivity index (χ3v) is 3.27. The first-order valence-corrected chi connectivity index (χ1v) is 7.06. The van der Waals surface area contributed by atoms with Gasteiger partial charge in [-0.05, 0) is 24.6 Å². The summed E-state index contributed by atoms with van der Waals surface area (Å²) < 4.78 is 0.921. The number of hydrogen-bond acceptors (Lipinski definition) is 4. The molecule has 0 aliphatic carbocycles. The second kappa shape index (κ2) is 6.47. The van der Waals surface area contributed by atoms with Crippen LogP contribution in [0.15, 0.2) is 40.9 Å². The van der Waals surface area contributed by atoms with Crippen LogP contribution in [0.5, 0.6) is 0 Å². The van der Waals surface area contributed by atoms with Gasteiger partial charge in [0.1, 0.15) is 5.82 Å². The molecule has 0 bridgehead atoms. The van der Waals surface area contributed by atoms with E-state index >= 15 is 0 Å². The molecule has 0 fully saturated rings. The van der Waals surface area contributed by atoms with E-state index in [-0.39, 0.29) is 5.69 Å². The summed E-state index contributed by atoms with van der Waals surface area (Å²) in [5, 5.41) is 14.3. The summed E-state index contributed by atoms with van der Waals surface area (Å²) in [5.74, 6) is 0.648. The molecule has 0 saturated heterocycles. The molecule has 104 valence electrons. The highest BCUT2D eigenvalue weighted by molar-refractivity contribution is 9.10. The third kappa shape index (κ3) is 3.33. The zero-order valence-corrected chi connectivity index (χ0v) is 12.6. The number of anilines is 1. The van der Waals surface area contributed by atoms with Crippen molar-refractivity contribution in [3.8, 4) is 11.3 Å². The number of rotatable bonds is 5. The van der Waals surface area contributed by atoms with Crippen molar-refractivity contribution < 1.29 is 4.92 Å². The van der Waals surface area contributed by atoms with E-state index in [4.69, 9.17) is 0 Å². The average Bonchev–Trinajstić information content (AvgIpc) is 2.45. The predicted molar refractivity (Wildman–Crippen MR) is 82.8 cm³/mol. The van der Waals surface area contributed by atoms with Crippen molar-refractivity contribution in [1.82, 2.24) is 4.98 Å². The summed E-state index contributed by atoms with van der Waals surface area (Å²) >= 11 is 3.35. The van der Waals surface area contributed by atoms with Gasteiger partial charge in [0.15, 0.2) is 5.69 Å². The Morgan fingerprint density at radius 2 is 1.95 bits per heavy atom. The summed E-state index contributed by atoms with van der Waals surface area (Å²) in [6.07, 6.45) is 0.965. The summed E-state index contributed by atoms with van der Waals surface area (Å²) in [6, 6.07) is 10.4. The van der Waals surface area contributed by atoms with Crippen LogP contribution in [0.2, 0.25) is 0 Å². The van der Waals surface area contributed by atoms with Gasteiger partial charge in [-0.3, -0.25) is 10.1 Å². The molecule has 6 heteroatoms. The number of benzene rings is 1. The second-order valence-electron chi connectivity index (χ2n) is 4.26. The van der Waals surface area contributed by atoms with Crippen LogP contribution in [0, 0.1) is 10.1 Å². The smallest absolute Gasteiger partial charge is 0.295 e. The van der Waals surface area contributed by atoms with Gasteiger partial charge in [-0.1, -0.05) is 35.0 Å². The van der Waals surface area contributed by atoms with Crippen LogP contribution in [-0.2, 0) is 0 Å². The SMILES string of the molecule is CCCNc1ccc([N+](=O)[O-])c(-c2ccc(Br)cc2)n1. The molecule has 0 saturated carbocycles. The zero-order chi connectivity index (χ0) is 14.5. The number of halogens is 1. The molecule has 0 aliphatic heterocycles. The van der Waals surface area contributed by atoms with E-state index in [1.807, 2.05) is 31.2 Å². The lowest BCUT2D eigenvalue weighted by Gasteiger charge is -2.07. The third-order valence-electron chi connectivity index (χ3n) is 2.74. The minimum absolute atomic E-state index is 0.00868. The number of pyridine rings is 1. The number of nitro groups is 1. The summed E-state index contributed by atoms with van der Waals surface area (Å²) in [6.45, 7) is 2.83. The molecule has 0 radical (unpaired) electrons. The molecule has 1 aromatic carbocycles. The van der Waals surface area contributed by atoms with Gasteiger partial charge >= 0.3 is 0 Å². The molecule has 5 nitrogen and oxygen atoms in total. The van der Waals surface area contributed by atoms with Crippen molar-refractivity contribution in [1.29, 1.82) is 0 Å². The van der Waals surface area contributed by atoms with E-state index in [0.717, 1.165) is 23.0 Å². The van der Waals surface area contributed by atoms with E-state index < -0.39 is 4.92 Å². The molecule has 2 rings (SSSR count). The molecule has 20 heavy (non-hydrogen) atoms. The van der Waals surface area contributed by atoms with Crippen molar-refractivity contribution in [2.45, 2.75) is 13.3 Å². The molecule has 0 atom stereocenters. The van der Waals surface area contributed by atoms with Gasteiger partial charge in [-0.15, -0.1) is 0 Å². The average molecular weight is 336 g/mol. The van der Waals surface area contributed by atoms with E-state index in [9.17, 15) is 10.1 Å². The highest BCUT2D eigenvalue weighted by Gasteiger charge is 2.17. The van der Waals surface area contributed by atoms with Crippen molar-refractivity contribution in [2.24, 2.45) is 0 Å². The summed E-state index contributed by atoms with van der Waals surface area (Å²) in [5.41, 5.74) is 1.11. The summed E-state index contributed by atoms with van der Waals surface area (Å²) in [7, 11) is 0. The van der Waals surface area contributed by atoms with Crippen LogP contribution in [-0.4, -0.2) is 16.5 Å². The fourth-order valence-electron chi connectivity index (χ4n) is 1.77. The Hall–Kier alpha value is -1.95. The van der Waals surface area contributed by atoms with Gasteiger partial charge in [-0.2, -0.15) is 0 Å². The quantitative estimate of drug-likeness (QED) is 0.655. The Bertz CT molecular complexity index is 614. The maximum atomic E-state index is 11.1. The fraction of sp³-hybridized carbons (Fsp3) is 0.214. The van der Waals surface area contributed by atoms with E-state index in [0.29, 0.717) is 11.5 Å². The van der Waals surface area contributed by atoms with E-state index in [1.165, 1.54) is 6.07 Å². The first-order chi connectivity index (χ1) is 9.61. The molecular weight excluding hydrogens is 322 g/mol. The number of hydrogen-bond donors (Lipinski definition) is 1. The Morgan fingerprint density at radius 3 is 2.55 bits per heavy atom. The van der Waals surface area contributed by atoms with Gasteiger partial charge in [0.05, 0.1) is 4.92 Å². The van der Waals surface area contributed by atoms with E-state index in [1.54, 1.807) is 6.07 Å². The van der Waals surface area contributed by atoms with Crippen molar-refractivity contribution >= 4 is 27.4 Å². The van der Waals surface area contributed by atoms with Crippen LogP contribution in [0.1, 0.15) is 13.3 Å². The molecule has 0 unspecified atom stereocenters. The molecule has 1 N–H and O–H groups in total. The number of aromatic nitrogens is 1. The Balaban J connectivity index is 2.46. The molecular formula is C14H14BrN3O2. The highest BCUT2D eigenvalue weighted by Crippen LogP contribution is 2.30. The van der Waals surface area contributed by atoms with Gasteiger partial charge in [-0.25, -0.2) is 4.98 Å². The van der Waals surface area contributed by atoms with Crippen LogP contribution in [0.3, 0.4) is 0 Å². The molecule has 2 aromatic rings. The Labute approximate surface area is 125 Å². The lowest BCUT2D eigenvalue weighted by atomic mass is 10.1. The Morgan fingerprint density at radius 1 is 1.25 bits per heavy atom. The van der Waals surface area contributed by atoms with Crippen LogP contribution in [0.25, 0.3) is 11.3 Å². The van der Waals surface area contributed by atoms with Crippen LogP contribution < -0.4 is 5.32 Å². The topological polar surface area (TPSA) is 68.1 Å². The first-order valence-electron chi connectivity index (χ1n) is 6.27. The lowest BCUT2D eigenvalue weighted by molar-refractivity contribution is -0.384. The zero-order valence-electron chi connectivity index (χ0n) is 11.0. The van der Waals surface area contributed by atoms with Gasteiger partial charge < -0.3 is 5.32 Å². The highest BCUT2D eigenvalue weighted by atomic mass is 79.9. The molecule has 1 aromatic heterocycles. The van der Waals surface area contributed by atoms with Gasteiger partial charge in [0, 0.05) is 22.6 Å². The van der Waals surface area contributed by atoms with Crippen molar-refractivity contribution in [3.05, 3.63) is 51.0 Å². The van der Waals surface area contributed by atoms with Crippen LogP contribution >= 0.6 is 15.9 Å². The predicted octanol–water partition coefficient (Wildman–Crippen LogP) is 4.24. The standard InChI is InChI=1S/C14H14BrN3O2/c1-2-9-16-13-8-7-12(18(19)20)14(17-13)10-3-5-11(15)6-4-10/h3-8H,2,9H2,1H3,(H,16,17). The van der Waals surface area contributed by atoms with Gasteiger partial charge in [0.2, 0.25) is 0 Å². The first kappa shape index (κ1) is 14.5. The fourth-order valence-corrected chi connectivity index (χ4v) is 2.04. The molecule has 0 spiro atoms. The van der Waals surface area contributed by atoms with E-state index in [2.05, 4.69) is 26.2 Å². The molecule has 0 aliphatic rings. The van der Waals surface area contributed by atoms with Crippen molar-refractivity contribution in [3.63, 3.8) is 0 Å². The maximum absolute atomic E-state index is 11.1. The number of nitrogens with one attached hydrogen (secondary N) is 1. The largest absolute Gasteiger partial charge is 0.370 e. The minimum atomic E-state index is -0.409. The van der Waals surface area contributed by atoms with Crippen molar-refractivity contribution in [2.75, 3.05) is 11.9 Å². The van der Waals surface area contributed by atoms with Gasteiger partial charge in [0.25, 0.3) is 5.69 Å². The number of nitrogens with zero attached hydrogens (tertiary/aromatic N) is 2. The van der Waals surface area contributed by atoms with Crippen LogP contribution in [0.4, 0.5) is 11.5 Å². The Kier molecular flexibility index (Phi) is 4.68. The maximum Gasteiger partial charge on any atom is 0.295 e. The monoisotopic (exact) mass is 335 g/mol. The normalized spacial score (nSPS) is 10.3. The minimum Gasteiger partial charge on any atom is -0.370 e. The molecule has 1 heterocycles. The second-order valence-corrected chi connectivity index (χ2v) is 5.17. The molecule has 0 amide bonds. The lowest BCUT2D eigenvalue weighted by Crippen LogP contribution is -2.04.